The summed E-state index contributed by atoms with van der Waals surface area (Å²) in [6.45, 7) is 6.93. The number of benzene rings is 1. The molecule has 1 saturated carbocycles. The summed E-state index contributed by atoms with van der Waals surface area (Å²) in [6, 6.07) is 7.72. The highest BCUT2D eigenvalue weighted by Gasteiger charge is 2.22. The lowest BCUT2D eigenvalue weighted by molar-refractivity contribution is 0.396. The molecule has 3 nitrogen and oxygen atoms in total. The summed E-state index contributed by atoms with van der Waals surface area (Å²) in [5.74, 6) is 0.815. The van der Waals surface area contributed by atoms with Crippen molar-refractivity contribution in [3.8, 4) is 0 Å². The largest absolute Gasteiger partial charge is 0.374 e. The molecule has 0 amide bonds. The van der Waals surface area contributed by atoms with E-state index >= 15 is 0 Å². The molecule has 0 aromatic heterocycles. The predicted molar refractivity (Wildman–Crippen MR) is 89.9 cm³/mol. The van der Waals surface area contributed by atoms with Gasteiger partial charge in [-0.2, -0.15) is 0 Å². The number of nitrogens with zero attached hydrogens (tertiary/aromatic N) is 2. The first-order valence-electron chi connectivity index (χ1n) is 8.34. The summed E-state index contributed by atoms with van der Waals surface area (Å²) in [5, 5.41) is 3.59. The molecule has 0 bridgehead atoms. The summed E-state index contributed by atoms with van der Waals surface area (Å²) in [7, 11) is 4.47. The molecular formula is C18H29N3. The fraction of sp³-hybridized carbons (Fsp3) is 0.667. The second-order valence-corrected chi connectivity index (χ2v) is 7.07. The summed E-state index contributed by atoms with van der Waals surface area (Å²) in [4.78, 5) is 4.88. The Bertz CT molecular complexity index is 481. The highest BCUT2D eigenvalue weighted by atomic mass is 15.2. The Kier molecular flexibility index (Phi) is 4.51. The third kappa shape index (κ3) is 3.98. The van der Waals surface area contributed by atoms with Gasteiger partial charge in [0, 0.05) is 38.4 Å². The summed E-state index contributed by atoms with van der Waals surface area (Å²) in [5.41, 5.74) is 4.20. The number of nitrogens with one attached hydrogen (secondary N) is 1. The van der Waals surface area contributed by atoms with Crippen LogP contribution in [-0.4, -0.2) is 44.7 Å². The van der Waals surface area contributed by atoms with E-state index in [4.69, 9.17) is 0 Å². The summed E-state index contributed by atoms with van der Waals surface area (Å²) in [6.07, 6.45) is 4.05. The summed E-state index contributed by atoms with van der Waals surface area (Å²) < 4.78 is 0. The van der Waals surface area contributed by atoms with Crippen molar-refractivity contribution < 1.29 is 0 Å². The van der Waals surface area contributed by atoms with E-state index in [9.17, 15) is 0 Å². The van der Waals surface area contributed by atoms with E-state index in [2.05, 4.69) is 54.3 Å². The minimum Gasteiger partial charge on any atom is -0.374 e. The van der Waals surface area contributed by atoms with Gasteiger partial charge in [-0.05, 0) is 62.9 Å². The fourth-order valence-corrected chi connectivity index (χ4v) is 3.47. The van der Waals surface area contributed by atoms with Gasteiger partial charge in [-0.3, -0.25) is 0 Å². The van der Waals surface area contributed by atoms with E-state index in [1.54, 1.807) is 0 Å². The number of hydrogen-bond donors (Lipinski definition) is 1. The van der Waals surface area contributed by atoms with Gasteiger partial charge in [0.1, 0.15) is 0 Å². The van der Waals surface area contributed by atoms with Crippen molar-refractivity contribution in [2.45, 2.75) is 38.8 Å². The molecule has 1 aromatic carbocycles. The van der Waals surface area contributed by atoms with E-state index in [0.717, 1.165) is 18.5 Å². The molecule has 1 atom stereocenters. The second-order valence-electron chi connectivity index (χ2n) is 7.07. The SMILES string of the molecule is Cc1cc(CNC2CC2)ccc1N(C)CC1CCN(C)C1. The minimum atomic E-state index is 0.784. The molecule has 0 radical (unpaired) electrons. The predicted octanol–water partition coefficient (Wildman–Crippen LogP) is 2.63. The number of aryl methyl sites for hydroxylation is 1. The molecule has 1 aromatic rings. The molecule has 0 spiro atoms. The van der Waals surface area contributed by atoms with Crippen LogP contribution in [0, 0.1) is 12.8 Å². The normalized spacial score (nSPS) is 22.7. The highest BCUT2D eigenvalue weighted by molar-refractivity contribution is 5.54. The van der Waals surface area contributed by atoms with E-state index in [1.165, 1.54) is 55.7 Å². The van der Waals surface area contributed by atoms with Gasteiger partial charge in [-0.25, -0.2) is 0 Å². The number of hydrogen-bond acceptors (Lipinski definition) is 3. The molecule has 2 fully saturated rings. The van der Waals surface area contributed by atoms with E-state index < -0.39 is 0 Å². The smallest absolute Gasteiger partial charge is 0.0393 e. The van der Waals surface area contributed by atoms with E-state index in [-0.39, 0.29) is 0 Å². The molecule has 21 heavy (non-hydrogen) atoms. The van der Waals surface area contributed by atoms with Gasteiger partial charge in [0.15, 0.2) is 0 Å². The fourth-order valence-electron chi connectivity index (χ4n) is 3.47. The summed E-state index contributed by atoms with van der Waals surface area (Å²) >= 11 is 0. The third-order valence-corrected chi connectivity index (χ3v) is 4.87. The average Bonchev–Trinajstić information content (AvgIpc) is 3.19. The third-order valence-electron chi connectivity index (χ3n) is 4.87. The lowest BCUT2D eigenvalue weighted by Gasteiger charge is -2.25. The maximum atomic E-state index is 3.59. The van der Waals surface area contributed by atoms with E-state index in [0.29, 0.717) is 0 Å². The molecule has 3 rings (SSSR count). The van der Waals surface area contributed by atoms with Gasteiger partial charge in [-0.15, -0.1) is 0 Å². The Labute approximate surface area is 129 Å². The maximum Gasteiger partial charge on any atom is 0.0393 e. The molecule has 2 aliphatic rings. The van der Waals surface area contributed by atoms with Gasteiger partial charge >= 0.3 is 0 Å². The van der Waals surface area contributed by atoms with Crippen LogP contribution in [0.3, 0.4) is 0 Å². The first-order valence-corrected chi connectivity index (χ1v) is 8.34. The average molecular weight is 287 g/mol. The second kappa shape index (κ2) is 6.37. The van der Waals surface area contributed by atoms with Gasteiger partial charge < -0.3 is 15.1 Å². The van der Waals surface area contributed by atoms with Gasteiger partial charge in [0.05, 0.1) is 0 Å². The van der Waals surface area contributed by atoms with Crippen LogP contribution in [0.2, 0.25) is 0 Å². The molecule has 1 aliphatic carbocycles. The zero-order valence-electron chi connectivity index (χ0n) is 13.7. The van der Waals surface area contributed by atoms with Crippen molar-refractivity contribution in [3.63, 3.8) is 0 Å². The van der Waals surface area contributed by atoms with Crippen LogP contribution in [0.4, 0.5) is 5.69 Å². The molecule has 1 N–H and O–H groups in total. The monoisotopic (exact) mass is 287 g/mol. The highest BCUT2D eigenvalue weighted by Crippen LogP contribution is 2.24. The molecule has 1 heterocycles. The Morgan fingerprint density at radius 3 is 2.71 bits per heavy atom. The van der Waals surface area contributed by atoms with Crippen molar-refractivity contribution in [1.29, 1.82) is 0 Å². The van der Waals surface area contributed by atoms with Crippen molar-refractivity contribution in [1.82, 2.24) is 10.2 Å². The Balaban J connectivity index is 1.58. The van der Waals surface area contributed by atoms with Crippen molar-refractivity contribution >= 4 is 5.69 Å². The Morgan fingerprint density at radius 1 is 1.29 bits per heavy atom. The van der Waals surface area contributed by atoms with Crippen LogP contribution in [0.15, 0.2) is 18.2 Å². The molecule has 1 saturated heterocycles. The van der Waals surface area contributed by atoms with Crippen LogP contribution >= 0.6 is 0 Å². The van der Waals surface area contributed by atoms with Crippen LogP contribution in [0.5, 0.6) is 0 Å². The molecular weight excluding hydrogens is 258 g/mol. The minimum absolute atomic E-state index is 0.784. The molecule has 116 valence electrons. The first kappa shape index (κ1) is 14.9. The lowest BCUT2D eigenvalue weighted by atomic mass is 10.1. The topological polar surface area (TPSA) is 18.5 Å². The maximum absolute atomic E-state index is 3.59. The molecule has 1 aliphatic heterocycles. The van der Waals surface area contributed by atoms with Crippen LogP contribution in [-0.2, 0) is 6.54 Å². The van der Waals surface area contributed by atoms with Crippen molar-refractivity contribution in [2.24, 2.45) is 5.92 Å². The quantitative estimate of drug-likeness (QED) is 0.868. The zero-order valence-corrected chi connectivity index (χ0v) is 13.7. The van der Waals surface area contributed by atoms with Gasteiger partial charge in [-0.1, -0.05) is 12.1 Å². The zero-order chi connectivity index (χ0) is 14.8. The molecule has 3 heteroatoms. The van der Waals surface area contributed by atoms with Crippen molar-refractivity contribution in [2.75, 3.05) is 38.6 Å². The number of likely N-dealkylation sites (tertiary alicyclic amines) is 1. The van der Waals surface area contributed by atoms with E-state index in [1.807, 2.05) is 0 Å². The number of rotatable bonds is 6. The number of anilines is 1. The Morgan fingerprint density at radius 2 is 2.10 bits per heavy atom. The van der Waals surface area contributed by atoms with Crippen molar-refractivity contribution in [3.05, 3.63) is 29.3 Å². The lowest BCUT2D eigenvalue weighted by Crippen LogP contribution is -2.27. The van der Waals surface area contributed by atoms with Crippen LogP contribution in [0.25, 0.3) is 0 Å². The Hall–Kier alpha value is -1.06. The van der Waals surface area contributed by atoms with Gasteiger partial charge in [0.2, 0.25) is 0 Å². The standard InChI is InChI=1S/C18H29N3/c1-14-10-15(11-19-17-5-6-17)4-7-18(14)21(3)13-16-8-9-20(2)12-16/h4,7,10,16-17,19H,5-6,8-9,11-13H2,1-3H3. The van der Waals surface area contributed by atoms with Crippen LogP contribution in [0.1, 0.15) is 30.4 Å². The molecule has 1 unspecified atom stereocenters. The van der Waals surface area contributed by atoms with Crippen LogP contribution < -0.4 is 10.2 Å². The first-order chi connectivity index (χ1) is 10.1. The van der Waals surface area contributed by atoms with Gasteiger partial charge in [0.25, 0.3) is 0 Å².